The van der Waals surface area contributed by atoms with Crippen LogP contribution in [0.5, 0.6) is 0 Å². The predicted octanol–water partition coefficient (Wildman–Crippen LogP) is 1.84. The van der Waals surface area contributed by atoms with Gasteiger partial charge in [0.05, 0.1) is 0 Å². The Morgan fingerprint density at radius 2 is 1.95 bits per heavy atom. The lowest BCUT2D eigenvalue weighted by Gasteiger charge is -2.44. The Balaban J connectivity index is 1.91. The molecule has 1 fully saturated rings. The van der Waals surface area contributed by atoms with Crippen molar-refractivity contribution in [3.63, 3.8) is 0 Å². The van der Waals surface area contributed by atoms with Gasteiger partial charge in [0.1, 0.15) is 0 Å². The Hall–Kier alpha value is -1.58. The molecule has 0 radical (unpaired) electrons. The van der Waals surface area contributed by atoms with Gasteiger partial charge in [-0.3, -0.25) is 9.59 Å². The number of aromatic nitrogens is 1. The molecule has 0 aliphatic carbocycles. The second-order valence-electron chi connectivity index (χ2n) is 7.16. The standard InChI is InChI=1S/C16H22N2O2/c1-16(2,3)15(20)17-8-11-7-12(10-17)13-5-4-6-14(19)18(13)9-11/h4-6,11-12H,7-10H2,1-3H3/t11-,12+/m0/s1. The van der Waals surface area contributed by atoms with E-state index in [1.807, 2.05) is 42.4 Å². The first-order valence-corrected chi connectivity index (χ1v) is 7.35. The fourth-order valence-corrected chi connectivity index (χ4v) is 3.54. The lowest BCUT2D eigenvalue weighted by atomic mass is 9.82. The van der Waals surface area contributed by atoms with Crippen molar-refractivity contribution in [2.75, 3.05) is 13.1 Å². The summed E-state index contributed by atoms with van der Waals surface area (Å²) in [5.41, 5.74) is 0.857. The summed E-state index contributed by atoms with van der Waals surface area (Å²) in [7, 11) is 0. The Kier molecular flexibility index (Phi) is 3.00. The molecule has 0 spiro atoms. The molecule has 2 aliphatic rings. The van der Waals surface area contributed by atoms with Crippen molar-refractivity contribution in [2.45, 2.75) is 39.7 Å². The molecule has 1 amide bonds. The third-order valence-electron chi connectivity index (χ3n) is 4.41. The molecule has 0 N–H and O–H groups in total. The number of rotatable bonds is 0. The van der Waals surface area contributed by atoms with Gasteiger partial charge in [0.15, 0.2) is 0 Å². The maximum absolute atomic E-state index is 12.5. The van der Waals surface area contributed by atoms with E-state index in [0.717, 1.165) is 31.7 Å². The van der Waals surface area contributed by atoms with E-state index in [-0.39, 0.29) is 16.9 Å². The molecule has 0 aromatic carbocycles. The van der Waals surface area contributed by atoms with Crippen molar-refractivity contribution in [1.82, 2.24) is 9.47 Å². The van der Waals surface area contributed by atoms with Crippen molar-refractivity contribution in [3.05, 3.63) is 34.2 Å². The fourth-order valence-electron chi connectivity index (χ4n) is 3.54. The number of likely N-dealkylation sites (tertiary alicyclic amines) is 1. The summed E-state index contributed by atoms with van der Waals surface area (Å²) in [5.74, 6) is 0.939. The number of nitrogens with zero attached hydrogens (tertiary/aromatic N) is 2. The topological polar surface area (TPSA) is 42.3 Å². The largest absolute Gasteiger partial charge is 0.341 e. The number of carbonyl (C=O) groups is 1. The van der Waals surface area contributed by atoms with E-state index in [1.54, 1.807) is 6.07 Å². The second-order valence-corrected chi connectivity index (χ2v) is 7.16. The van der Waals surface area contributed by atoms with E-state index in [1.165, 1.54) is 0 Å². The highest BCUT2D eigenvalue weighted by Crippen LogP contribution is 2.36. The molecule has 20 heavy (non-hydrogen) atoms. The first-order chi connectivity index (χ1) is 9.36. The Labute approximate surface area is 119 Å². The monoisotopic (exact) mass is 274 g/mol. The first kappa shape index (κ1) is 13.4. The number of amides is 1. The second kappa shape index (κ2) is 4.47. The molecule has 1 aromatic rings. The molecule has 0 unspecified atom stereocenters. The normalized spacial score (nSPS) is 25.2. The zero-order valence-corrected chi connectivity index (χ0v) is 12.4. The number of pyridine rings is 1. The summed E-state index contributed by atoms with van der Waals surface area (Å²) in [6, 6.07) is 5.50. The average Bonchev–Trinajstić information content (AvgIpc) is 2.38. The molecule has 2 bridgehead atoms. The van der Waals surface area contributed by atoms with Crippen LogP contribution in [0.4, 0.5) is 0 Å². The molecule has 4 heteroatoms. The molecule has 3 heterocycles. The lowest BCUT2D eigenvalue weighted by molar-refractivity contribution is -0.142. The van der Waals surface area contributed by atoms with Crippen LogP contribution in [0, 0.1) is 11.3 Å². The van der Waals surface area contributed by atoms with Gasteiger partial charge in [0.25, 0.3) is 5.56 Å². The van der Waals surface area contributed by atoms with Gasteiger partial charge in [-0.1, -0.05) is 26.8 Å². The van der Waals surface area contributed by atoms with Crippen molar-refractivity contribution in [2.24, 2.45) is 11.3 Å². The van der Waals surface area contributed by atoms with Gasteiger partial charge in [-0.15, -0.1) is 0 Å². The summed E-state index contributed by atoms with van der Waals surface area (Å²) < 4.78 is 1.90. The number of hydrogen-bond donors (Lipinski definition) is 0. The molecule has 108 valence electrons. The highest BCUT2D eigenvalue weighted by Gasteiger charge is 2.38. The maximum Gasteiger partial charge on any atom is 0.250 e. The summed E-state index contributed by atoms with van der Waals surface area (Å²) in [5, 5.41) is 0. The zero-order valence-electron chi connectivity index (χ0n) is 12.4. The SMILES string of the molecule is CC(C)(C)C(=O)N1C[C@@H]2C[C@H](C1)c1cccc(=O)n1C2. The summed E-state index contributed by atoms with van der Waals surface area (Å²) >= 11 is 0. The number of hydrogen-bond acceptors (Lipinski definition) is 2. The first-order valence-electron chi connectivity index (χ1n) is 7.35. The minimum atomic E-state index is -0.331. The van der Waals surface area contributed by atoms with E-state index in [9.17, 15) is 9.59 Å². The smallest absolute Gasteiger partial charge is 0.250 e. The van der Waals surface area contributed by atoms with Crippen molar-refractivity contribution < 1.29 is 4.79 Å². The van der Waals surface area contributed by atoms with Crippen LogP contribution in [-0.4, -0.2) is 28.5 Å². The van der Waals surface area contributed by atoms with Crippen molar-refractivity contribution in [3.8, 4) is 0 Å². The fraction of sp³-hybridized carbons (Fsp3) is 0.625. The van der Waals surface area contributed by atoms with Gasteiger partial charge in [0.2, 0.25) is 5.91 Å². The highest BCUT2D eigenvalue weighted by atomic mass is 16.2. The Morgan fingerprint density at radius 1 is 1.20 bits per heavy atom. The minimum Gasteiger partial charge on any atom is -0.341 e. The minimum absolute atomic E-state index is 0.0906. The summed E-state index contributed by atoms with van der Waals surface area (Å²) in [6.07, 6.45) is 1.09. The van der Waals surface area contributed by atoms with Gasteiger partial charge in [-0.05, 0) is 18.4 Å². The number of carbonyl (C=O) groups excluding carboxylic acids is 1. The Morgan fingerprint density at radius 3 is 2.65 bits per heavy atom. The van der Waals surface area contributed by atoms with Gasteiger partial charge < -0.3 is 9.47 Å². The molecule has 2 aliphatic heterocycles. The quantitative estimate of drug-likeness (QED) is 0.724. The van der Waals surface area contributed by atoms with Crippen LogP contribution in [0.3, 0.4) is 0 Å². The van der Waals surface area contributed by atoms with Crippen LogP contribution < -0.4 is 5.56 Å². The molecular weight excluding hydrogens is 252 g/mol. The molecule has 2 atom stereocenters. The third kappa shape index (κ3) is 2.17. The number of piperidine rings is 1. The van der Waals surface area contributed by atoms with Crippen LogP contribution in [0.1, 0.15) is 38.8 Å². The van der Waals surface area contributed by atoms with E-state index < -0.39 is 0 Å². The van der Waals surface area contributed by atoms with Crippen LogP contribution in [0.2, 0.25) is 0 Å². The van der Waals surface area contributed by atoms with Crippen LogP contribution in [0.15, 0.2) is 23.0 Å². The van der Waals surface area contributed by atoms with Gasteiger partial charge in [-0.25, -0.2) is 0 Å². The molecule has 0 saturated carbocycles. The van der Waals surface area contributed by atoms with Gasteiger partial charge in [-0.2, -0.15) is 0 Å². The molecule has 1 aromatic heterocycles. The molecular formula is C16H22N2O2. The predicted molar refractivity (Wildman–Crippen MR) is 77.6 cm³/mol. The van der Waals surface area contributed by atoms with Crippen LogP contribution in [-0.2, 0) is 11.3 Å². The lowest BCUT2D eigenvalue weighted by Crippen LogP contribution is -2.51. The van der Waals surface area contributed by atoms with E-state index in [4.69, 9.17) is 0 Å². The molecule has 1 saturated heterocycles. The molecule has 3 rings (SSSR count). The van der Waals surface area contributed by atoms with Crippen LogP contribution >= 0.6 is 0 Å². The summed E-state index contributed by atoms with van der Waals surface area (Å²) in [6.45, 7) is 8.19. The number of fused-ring (bicyclic) bond motifs is 4. The van der Waals surface area contributed by atoms with E-state index >= 15 is 0 Å². The van der Waals surface area contributed by atoms with Gasteiger partial charge in [0, 0.05) is 42.7 Å². The highest BCUT2D eigenvalue weighted by molar-refractivity contribution is 5.81. The van der Waals surface area contributed by atoms with Gasteiger partial charge >= 0.3 is 0 Å². The van der Waals surface area contributed by atoms with E-state index in [2.05, 4.69) is 0 Å². The maximum atomic E-state index is 12.5. The zero-order chi connectivity index (χ0) is 14.5. The Bertz CT molecular complexity index is 597. The third-order valence-corrected chi connectivity index (χ3v) is 4.41. The molecule has 4 nitrogen and oxygen atoms in total. The van der Waals surface area contributed by atoms with E-state index in [0.29, 0.717) is 11.8 Å². The van der Waals surface area contributed by atoms with Crippen molar-refractivity contribution in [1.29, 1.82) is 0 Å². The van der Waals surface area contributed by atoms with Crippen LogP contribution in [0.25, 0.3) is 0 Å². The summed E-state index contributed by atoms with van der Waals surface area (Å²) in [4.78, 5) is 26.4. The van der Waals surface area contributed by atoms with Crippen molar-refractivity contribution >= 4 is 5.91 Å². The average molecular weight is 274 g/mol.